The summed E-state index contributed by atoms with van der Waals surface area (Å²) in [5, 5.41) is 17.0. The van der Waals surface area contributed by atoms with Gasteiger partial charge in [0.2, 0.25) is 0 Å². The Morgan fingerprint density at radius 1 is 1.75 bits per heavy atom. The summed E-state index contributed by atoms with van der Waals surface area (Å²) in [5.74, 6) is -0.312. The van der Waals surface area contributed by atoms with E-state index in [0.29, 0.717) is 5.57 Å². The summed E-state index contributed by atoms with van der Waals surface area (Å²) >= 11 is 0. The van der Waals surface area contributed by atoms with Gasteiger partial charge in [0.1, 0.15) is 6.73 Å². The van der Waals surface area contributed by atoms with Crippen LogP contribution >= 0.6 is 0 Å². The highest BCUT2D eigenvalue weighted by molar-refractivity contribution is 5.92. The summed E-state index contributed by atoms with van der Waals surface area (Å²) < 4.78 is 0. The number of carbonyl (C=O) groups excluding carboxylic acids is 1. The highest BCUT2D eigenvalue weighted by atomic mass is 16.3. The fourth-order valence-corrected chi connectivity index (χ4v) is 0.691. The van der Waals surface area contributed by atoms with Gasteiger partial charge in [-0.3, -0.25) is 4.79 Å². The van der Waals surface area contributed by atoms with E-state index in [0.717, 1.165) is 0 Å². The molecule has 0 radical (unpaired) electrons. The van der Waals surface area contributed by atoms with Gasteiger partial charge in [-0.15, -0.1) is 0 Å². The quantitative estimate of drug-likeness (QED) is 0.483. The molecule has 0 saturated carbocycles. The molecule has 0 saturated heterocycles. The first-order valence-electron chi connectivity index (χ1n) is 3.56. The van der Waals surface area contributed by atoms with Crippen LogP contribution < -0.4 is 0 Å². The Morgan fingerprint density at radius 3 is 2.67 bits per heavy atom. The minimum Gasteiger partial charge on any atom is -0.376 e. The highest BCUT2D eigenvalue weighted by Crippen LogP contribution is 1.98. The molecule has 0 aliphatic carbocycles. The average Bonchev–Trinajstić information content (AvgIpc) is 2.05. The highest BCUT2D eigenvalue weighted by Gasteiger charge is 2.11. The van der Waals surface area contributed by atoms with Gasteiger partial charge >= 0.3 is 0 Å². The van der Waals surface area contributed by atoms with E-state index in [4.69, 9.17) is 10.4 Å². The van der Waals surface area contributed by atoms with Gasteiger partial charge in [0, 0.05) is 12.1 Å². The molecule has 0 fully saturated rings. The number of carbonyl (C=O) groups is 1. The van der Waals surface area contributed by atoms with E-state index in [-0.39, 0.29) is 25.6 Å². The van der Waals surface area contributed by atoms with Gasteiger partial charge in [0.25, 0.3) is 5.91 Å². The largest absolute Gasteiger partial charge is 0.376 e. The van der Waals surface area contributed by atoms with Crippen LogP contribution in [0.2, 0.25) is 0 Å². The Bertz CT molecular complexity index is 218. The maximum absolute atomic E-state index is 11.1. The first kappa shape index (κ1) is 10.7. The summed E-state index contributed by atoms with van der Waals surface area (Å²) in [6.07, 6.45) is 0.222. The summed E-state index contributed by atoms with van der Waals surface area (Å²) in [5.41, 5.74) is 0.363. The average molecular weight is 168 g/mol. The predicted molar refractivity (Wildman–Crippen MR) is 43.8 cm³/mol. The smallest absolute Gasteiger partial charge is 0.250 e. The molecule has 1 amide bonds. The van der Waals surface area contributed by atoms with Crippen LogP contribution in [-0.2, 0) is 4.79 Å². The van der Waals surface area contributed by atoms with Gasteiger partial charge in [0.15, 0.2) is 0 Å². The number of nitrogens with zero attached hydrogens (tertiary/aromatic N) is 2. The molecular weight excluding hydrogens is 156 g/mol. The maximum Gasteiger partial charge on any atom is 0.250 e. The van der Waals surface area contributed by atoms with Crippen LogP contribution in [0.3, 0.4) is 0 Å². The van der Waals surface area contributed by atoms with E-state index in [2.05, 4.69) is 6.58 Å². The maximum atomic E-state index is 11.1. The van der Waals surface area contributed by atoms with Crippen LogP contribution in [0, 0.1) is 11.3 Å². The molecule has 0 aromatic carbocycles. The third-order valence-corrected chi connectivity index (χ3v) is 1.32. The summed E-state index contributed by atoms with van der Waals surface area (Å²) in [6.45, 7) is 4.89. The second kappa shape index (κ2) is 5.33. The molecule has 4 nitrogen and oxygen atoms in total. The van der Waals surface area contributed by atoms with Crippen molar-refractivity contribution in [2.75, 3.05) is 13.3 Å². The zero-order valence-corrected chi connectivity index (χ0v) is 7.08. The van der Waals surface area contributed by atoms with Crippen LogP contribution in [0.1, 0.15) is 13.3 Å². The van der Waals surface area contributed by atoms with Crippen molar-refractivity contribution in [1.29, 1.82) is 5.26 Å². The molecule has 0 rings (SSSR count). The molecule has 4 heteroatoms. The van der Waals surface area contributed by atoms with Gasteiger partial charge in [-0.2, -0.15) is 5.26 Å². The first-order chi connectivity index (χ1) is 5.63. The number of rotatable bonds is 4. The molecule has 1 N–H and O–H groups in total. The molecule has 0 aromatic rings. The van der Waals surface area contributed by atoms with Crippen molar-refractivity contribution in [3.05, 3.63) is 12.2 Å². The van der Waals surface area contributed by atoms with Crippen molar-refractivity contribution in [3.63, 3.8) is 0 Å². The van der Waals surface area contributed by atoms with Crippen molar-refractivity contribution < 1.29 is 9.90 Å². The van der Waals surface area contributed by atoms with Gasteiger partial charge < -0.3 is 10.0 Å². The Hall–Kier alpha value is -1.34. The SMILES string of the molecule is C=C(C)C(=O)N(CO)CCC#N. The fourth-order valence-electron chi connectivity index (χ4n) is 0.691. The van der Waals surface area contributed by atoms with Crippen molar-refractivity contribution in [1.82, 2.24) is 4.90 Å². The number of aliphatic hydroxyl groups is 1. The summed E-state index contributed by atoms with van der Waals surface area (Å²) in [4.78, 5) is 12.3. The number of hydrogen-bond acceptors (Lipinski definition) is 3. The topological polar surface area (TPSA) is 64.3 Å². The molecular formula is C8H12N2O2. The monoisotopic (exact) mass is 168 g/mol. The number of aliphatic hydroxyl groups excluding tert-OH is 1. The summed E-state index contributed by atoms with van der Waals surface area (Å²) in [7, 11) is 0. The van der Waals surface area contributed by atoms with E-state index in [9.17, 15) is 4.79 Å². The molecule has 0 spiro atoms. The van der Waals surface area contributed by atoms with Crippen LogP contribution in [-0.4, -0.2) is 29.2 Å². The molecule has 0 aromatic heterocycles. The van der Waals surface area contributed by atoms with Crippen molar-refractivity contribution in [3.8, 4) is 6.07 Å². The molecule has 0 aliphatic heterocycles. The second-order valence-electron chi connectivity index (χ2n) is 2.40. The van der Waals surface area contributed by atoms with Crippen molar-refractivity contribution in [2.45, 2.75) is 13.3 Å². The lowest BCUT2D eigenvalue weighted by atomic mass is 10.3. The van der Waals surface area contributed by atoms with E-state index in [1.54, 1.807) is 6.92 Å². The molecule has 66 valence electrons. The lowest BCUT2D eigenvalue weighted by Crippen LogP contribution is -2.32. The molecule has 0 bridgehead atoms. The molecule has 0 aliphatic rings. The zero-order chi connectivity index (χ0) is 9.56. The Balaban J connectivity index is 4.07. The minimum absolute atomic E-state index is 0.222. The lowest BCUT2D eigenvalue weighted by Gasteiger charge is -2.17. The van der Waals surface area contributed by atoms with E-state index in [1.807, 2.05) is 6.07 Å². The number of nitriles is 1. The van der Waals surface area contributed by atoms with Gasteiger partial charge in [-0.1, -0.05) is 6.58 Å². The normalized spacial score (nSPS) is 8.75. The lowest BCUT2D eigenvalue weighted by molar-refractivity contribution is -0.130. The van der Waals surface area contributed by atoms with Crippen molar-refractivity contribution >= 4 is 5.91 Å². The Morgan fingerprint density at radius 2 is 2.33 bits per heavy atom. The standard InChI is InChI=1S/C8H12N2O2/c1-7(2)8(12)10(6-11)5-3-4-9/h11H,1,3,5-6H2,2H3. The summed E-state index contributed by atoms with van der Waals surface area (Å²) in [6, 6.07) is 1.89. The predicted octanol–water partition coefficient (Wildman–Crippen LogP) is 0.255. The third-order valence-electron chi connectivity index (χ3n) is 1.32. The van der Waals surface area contributed by atoms with E-state index < -0.39 is 0 Å². The fraction of sp³-hybridized carbons (Fsp3) is 0.500. The van der Waals surface area contributed by atoms with Gasteiger partial charge in [0.05, 0.1) is 12.5 Å². The molecule has 12 heavy (non-hydrogen) atoms. The molecule has 0 atom stereocenters. The van der Waals surface area contributed by atoms with Crippen LogP contribution in [0.25, 0.3) is 0 Å². The number of hydrogen-bond donors (Lipinski definition) is 1. The minimum atomic E-state index is -0.368. The van der Waals surface area contributed by atoms with Crippen LogP contribution in [0.4, 0.5) is 0 Å². The van der Waals surface area contributed by atoms with Crippen molar-refractivity contribution in [2.24, 2.45) is 0 Å². The van der Waals surface area contributed by atoms with E-state index in [1.165, 1.54) is 4.90 Å². The Labute approximate surface area is 71.7 Å². The molecule has 0 heterocycles. The van der Waals surface area contributed by atoms with Crippen LogP contribution in [0.15, 0.2) is 12.2 Å². The Kier molecular flexibility index (Phi) is 4.73. The van der Waals surface area contributed by atoms with Gasteiger partial charge in [-0.25, -0.2) is 0 Å². The third kappa shape index (κ3) is 3.17. The first-order valence-corrected chi connectivity index (χ1v) is 3.56. The van der Waals surface area contributed by atoms with Crippen LogP contribution in [0.5, 0.6) is 0 Å². The second-order valence-corrected chi connectivity index (χ2v) is 2.40. The number of amides is 1. The van der Waals surface area contributed by atoms with E-state index >= 15 is 0 Å². The van der Waals surface area contributed by atoms with Gasteiger partial charge in [-0.05, 0) is 6.92 Å². The zero-order valence-electron chi connectivity index (χ0n) is 7.08. The molecule has 0 unspecified atom stereocenters.